The van der Waals surface area contributed by atoms with Gasteiger partial charge in [0.2, 0.25) is 0 Å². The zero-order valence-electron chi connectivity index (χ0n) is 15.4. The summed E-state index contributed by atoms with van der Waals surface area (Å²) in [7, 11) is 0. The quantitative estimate of drug-likeness (QED) is 0.378. The van der Waals surface area contributed by atoms with Crippen LogP contribution in [0, 0.1) is 0 Å². The minimum Gasteiger partial charge on any atom is -0.508 e. The van der Waals surface area contributed by atoms with E-state index >= 15 is 0 Å². The molecule has 5 N–H and O–H groups in total. The molecule has 8 nitrogen and oxygen atoms in total. The first-order valence-corrected chi connectivity index (χ1v) is 8.84. The van der Waals surface area contributed by atoms with Crippen molar-refractivity contribution < 1.29 is 29.3 Å². The van der Waals surface area contributed by atoms with Crippen molar-refractivity contribution >= 4 is 22.9 Å². The first-order chi connectivity index (χ1) is 14.3. The van der Waals surface area contributed by atoms with Gasteiger partial charge in [-0.2, -0.15) is 0 Å². The molecule has 1 heterocycles. The third kappa shape index (κ3) is 2.96. The summed E-state index contributed by atoms with van der Waals surface area (Å²) in [5.41, 5.74) is 6.44. The van der Waals surface area contributed by atoms with Crippen molar-refractivity contribution in [3.63, 3.8) is 0 Å². The smallest absolute Gasteiger partial charge is 0.336 e. The van der Waals surface area contributed by atoms with E-state index < -0.39 is 11.9 Å². The maximum atomic E-state index is 12.3. The number of phenols is 1. The molecule has 1 aliphatic heterocycles. The standard InChI is InChI=1S/C22H15NO7/c23-9-16-17(25)6-5-14-19(13-4-2-11(24)8-18(13)30-20(14)16)15-7-10(21(26)27)1-3-12(15)22(28)29/h1-8,24H,9,23H2,(H,26,27)(H,28,29). The van der Waals surface area contributed by atoms with Crippen LogP contribution in [0.3, 0.4) is 0 Å². The van der Waals surface area contributed by atoms with Gasteiger partial charge in [-0.05, 0) is 48.0 Å². The number of aromatic hydroxyl groups is 1. The Labute approximate surface area is 168 Å². The second-order valence-corrected chi connectivity index (χ2v) is 6.65. The zero-order valence-corrected chi connectivity index (χ0v) is 15.4. The number of fused-ring (bicyclic) bond motifs is 2. The number of rotatable bonds is 4. The average Bonchev–Trinajstić information content (AvgIpc) is 2.71. The van der Waals surface area contributed by atoms with E-state index in [1.54, 1.807) is 0 Å². The van der Waals surface area contributed by atoms with Crippen LogP contribution in [-0.2, 0) is 6.54 Å². The van der Waals surface area contributed by atoms with E-state index in [0.717, 1.165) is 0 Å². The van der Waals surface area contributed by atoms with Gasteiger partial charge in [0, 0.05) is 29.1 Å². The molecule has 0 saturated heterocycles. The Hall–Kier alpha value is -4.17. The van der Waals surface area contributed by atoms with Gasteiger partial charge in [0.15, 0.2) is 5.43 Å². The highest BCUT2D eigenvalue weighted by Crippen LogP contribution is 2.43. The lowest BCUT2D eigenvalue weighted by Gasteiger charge is -2.19. The highest BCUT2D eigenvalue weighted by molar-refractivity contribution is 6.09. The van der Waals surface area contributed by atoms with E-state index in [1.165, 1.54) is 48.5 Å². The van der Waals surface area contributed by atoms with Crippen molar-refractivity contribution in [3.8, 4) is 28.2 Å². The van der Waals surface area contributed by atoms with Crippen molar-refractivity contribution in [2.24, 2.45) is 5.73 Å². The molecule has 8 heteroatoms. The van der Waals surface area contributed by atoms with Gasteiger partial charge in [0.05, 0.1) is 16.7 Å². The first-order valence-electron chi connectivity index (χ1n) is 8.84. The maximum Gasteiger partial charge on any atom is 0.336 e. The molecule has 4 rings (SSSR count). The summed E-state index contributed by atoms with van der Waals surface area (Å²) in [4.78, 5) is 35.7. The Morgan fingerprint density at radius 2 is 1.70 bits per heavy atom. The van der Waals surface area contributed by atoms with Crippen LogP contribution in [-0.4, -0.2) is 27.3 Å². The molecule has 0 unspecified atom stereocenters. The fraction of sp³-hybridized carbons (Fsp3) is 0.0455. The van der Waals surface area contributed by atoms with Gasteiger partial charge in [0.25, 0.3) is 0 Å². The molecule has 0 saturated carbocycles. The lowest BCUT2D eigenvalue weighted by Crippen LogP contribution is -2.15. The van der Waals surface area contributed by atoms with E-state index in [4.69, 9.17) is 10.2 Å². The monoisotopic (exact) mass is 405 g/mol. The molecule has 0 amide bonds. The summed E-state index contributed by atoms with van der Waals surface area (Å²) < 4.78 is 5.87. The first kappa shape index (κ1) is 19.2. The second kappa shape index (κ2) is 7.02. The number of hydrogen-bond acceptors (Lipinski definition) is 6. The lowest BCUT2D eigenvalue weighted by atomic mass is 9.88. The number of benzene rings is 3. The fourth-order valence-electron chi connectivity index (χ4n) is 3.53. The third-order valence-corrected chi connectivity index (χ3v) is 4.90. The molecular weight excluding hydrogens is 390 g/mol. The van der Waals surface area contributed by atoms with E-state index in [2.05, 4.69) is 0 Å². The van der Waals surface area contributed by atoms with E-state index in [-0.39, 0.29) is 51.3 Å². The van der Waals surface area contributed by atoms with Crippen LogP contribution in [0.25, 0.3) is 33.4 Å². The topological polar surface area (TPSA) is 151 Å². The van der Waals surface area contributed by atoms with Gasteiger partial charge in [-0.15, -0.1) is 0 Å². The van der Waals surface area contributed by atoms with Gasteiger partial charge in [-0.25, -0.2) is 9.59 Å². The number of aromatic carboxylic acids is 2. The van der Waals surface area contributed by atoms with E-state index in [0.29, 0.717) is 16.5 Å². The molecule has 2 aromatic carbocycles. The van der Waals surface area contributed by atoms with Gasteiger partial charge in [-0.3, -0.25) is 4.79 Å². The SMILES string of the molecule is NCc1c2oc3cc(O)ccc3c(-c3cc(C(=O)O)ccc3C(=O)O)c-2ccc1=O. The highest BCUT2D eigenvalue weighted by Gasteiger charge is 2.25. The molecule has 150 valence electrons. The van der Waals surface area contributed by atoms with E-state index in [1.807, 2.05) is 0 Å². The Kier molecular flexibility index (Phi) is 4.48. The fourth-order valence-corrected chi connectivity index (χ4v) is 3.53. The van der Waals surface area contributed by atoms with E-state index in [9.17, 15) is 29.7 Å². The molecule has 0 radical (unpaired) electrons. The Balaban J connectivity index is 2.25. The van der Waals surface area contributed by atoms with Crippen LogP contribution in [0.5, 0.6) is 5.75 Å². The Morgan fingerprint density at radius 3 is 2.37 bits per heavy atom. The van der Waals surface area contributed by atoms with Gasteiger partial charge < -0.3 is 25.5 Å². The predicted octanol–water partition coefficient (Wildman–Crippen LogP) is 3.13. The molecular formula is C22H15NO7. The highest BCUT2D eigenvalue weighted by atomic mass is 16.4. The van der Waals surface area contributed by atoms with Gasteiger partial charge in [-0.1, -0.05) is 0 Å². The molecule has 2 aromatic rings. The summed E-state index contributed by atoms with van der Waals surface area (Å²) in [6, 6.07) is 10.8. The van der Waals surface area contributed by atoms with Crippen molar-refractivity contribution in [2.45, 2.75) is 6.54 Å². The molecule has 0 aromatic heterocycles. The molecule has 0 fully saturated rings. The largest absolute Gasteiger partial charge is 0.508 e. The molecule has 0 bridgehead atoms. The maximum absolute atomic E-state index is 12.3. The van der Waals surface area contributed by atoms with Crippen molar-refractivity contribution in [1.29, 1.82) is 0 Å². The summed E-state index contributed by atoms with van der Waals surface area (Å²) in [5.74, 6) is -2.41. The van der Waals surface area contributed by atoms with Crippen LogP contribution in [0.15, 0.2) is 57.7 Å². The molecule has 2 aliphatic rings. The van der Waals surface area contributed by atoms with Crippen LogP contribution < -0.4 is 11.2 Å². The van der Waals surface area contributed by atoms with Gasteiger partial charge in [0.1, 0.15) is 17.1 Å². The summed E-state index contributed by atoms with van der Waals surface area (Å²) >= 11 is 0. The average molecular weight is 405 g/mol. The van der Waals surface area contributed by atoms with Gasteiger partial charge >= 0.3 is 11.9 Å². The number of phenolic OH excluding ortho intramolecular Hbond substituents is 1. The van der Waals surface area contributed by atoms with Crippen LogP contribution in [0.1, 0.15) is 26.3 Å². The third-order valence-electron chi connectivity index (χ3n) is 4.90. The van der Waals surface area contributed by atoms with Crippen molar-refractivity contribution in [2.75, 3.05) is 0 Å². The number of nitrogens with two attached hydrogens (primary N) is 1. The van der Waals surface area contributed by atoms with Crippen molar-refractivity contribution in [3.05, 3.63) is 75.4 Å². The minimum absolute atomic E-state index is 0.0955. The summed E-state index contributed by atoms with van der Waals surface area (Å²) in [6.07, 6.45) is 0. The molecule has 1 aliphatic carbocycles. The summed E-state index contributed by atoms with van der Waals surface area (Å²) in [6.45, 7) is -0.121. The number of carbonyl (C=O) groups is 2. The minimum atomic E-state index is -1.25. The molecule has 30 heavy (non-hydrogen) atoms. The summed E-state index contributed by atoms with van der Waals surface area (Å²) in [5, 5.41) is 29.4. The predicted molar refractivity (Wildman–Crippen MR) is 108 cm³/mol. The Morgan fingerprint density at radius 1 is 0.933 bits per heavy atom. The zero-order chi connectivity index (χ0) is 21.6. The lowest BCUT2D eigenvalue weighted by molar-refractivity contribution is 0.0682. The molecule has 0 spiro atoms. The molecule has 0 atom stereocenters. The van der Waals surface area contributed by atoms with Crippen molar-refractivity contribution in [1.82, 2.24) is 0 Å². The number of carboxylic acid groups (broad SMARTS) is 2. The normalized spacial score (nSPS) is 11.1. The number of carboxylic acids is 2. The number of hydrogen-bond donors (Lipinski definition) is 4. The van der Waals surface area contributed by atoms with Crippen LogP contribution >= 0.6 is 0 Å². The van der Waals surface area contributed by atoms with Crippen LogP contribution in [0.4, 0.5) is 0 Å². The van der Waals surface area contributed by atoms with Crippen LogP contribution in [0.2, 0.25) is 0 Å². The Bertz CT molecular complexity index is 1370. The second-order valence-electron chi connectivity index (χ2n) is 6.65.